The SMILES string of the molecule is CCCOc1ccc([C@@H]2C(=O)N(C3CCCCC3)CC(=O)N2Cc2ccc3c(c2)OCO3)cc1OC. The molecule has 2 fully saturated rings. The molecule has 1 aliphatic carbocycles. The van der Waals surface area contributed by atoms with Crippen LogP contribution in [0.15, 0.2) is 36.4 Å². The van der Waals surface area contributed by atoms with Gasteiger partial charge in [0.05, 0.1) is 13.7 Å². The Morgan fingerprint density at radius 2 is 1.78 bits per heavy atom. The molecular formula is C28H34N2O6. The van der Waals surface area contributed by atoms with Crippen molar-refractivity contribution in [3.05, 3.63) is 47.5 Å². The molecule has 0 radical (unpaired) electrons. The highest BCUT2D eigenvalue weighted by atomic mass is 16.7. The third-order valence-electron chi connectivity index (χ3n) is 7.23. The average Bonchev–Trinajstić information content (AvgIpc) is 3.38. The molecule has 1 atom stereocenters. The van der Waals surface area contributed by atoms with Crippen LogP contribution in [0, 0.1) is 0 Å². The van der Waals surface area contributed by atoms with Crippen LogP contribution in [0.1, 0.15) is 62.6 Å². The van der Waals surface area contributed by atoms with Crippen LogP contribution in [0.5, 0.6) is 23.0 Å². The zero-order chi connectivity index (χ0) is 25.1. The summed E-state index contributed by atoms with van der Waals surface area (Å²) in [7, 11) is 1.59. The van der Waals surface area contributed by atoms with Gasteiger partial charge in [-0.25, -0.2) is 0 Å². The molecule has 0 bridgehead atoms. The molecule has 36 heavy (non-hydrogen) atoms. The van der Waals surface area contributed by atoms with Crippen LogP contribution in [-0.4, -0.2) is 54.7 Å². The molecule has 8 nitrogen and oxygen atoms in total. The summed E-state index contributed by atoms with van der Waals surface area (Å²) >= 11 is 0. The highest BCUT2D eigenvalue weighted by Gasteiger charge is 2.43. The molecule has 2 aromatic carbocycles. The molecule has 0 aromatic heterocycles. The van der Waals surface area contributed by atoms with Crippen LogP contribution in [0.3, 0.4) is 0 Å². The van der Waals surface area contributed by atoms with Crippen molar-refractivity contribution in [3.63, 3.8) is 0 Å². The molecule has 2 aliphatic heterocycles. The van der Waals surface area contributed by atoms with E-state index in [1.54, 1.807) is 12.0 Å². The summed E-state index contributed by atoms with van der Waals surface area (Å²) in [6, 6.07) is 10.6. The lowest BCUT2D eigenvalue weighted by Gasteiger charge is -2.44. The van der Waals surface area contributed by atoms with Gasteiger partial charge in [-0.05, 0) is 54.7 Å². The number of piperazine rings is 1. The van der Waals surface area contributed by atoms with Gasteiger partial charge in [0.15, 0.2) is 23.0 Å². The molecular weight excluding hydrogens is 460 g/mol. The Morgan fingerprint density at radius 3 is 2.56 bits per heavy atom. The van der Waals surface area contributed by atoms with E-state index in [2.05, 4.69) is 0 Å². The second-order valence-corrected chi connectivity index (χ2v) is 9.63. The topological polar surface area (TPSA) is 77.5 Å². The van der Waals surface area contributed by atoms with Crippen molar-refractivity contribution in [3.8, 4) is 23.0 Å². The van der Waals surface area contributed by atoms with Crippen molar-refractivity contribution in [2.24, 2.45) is 0 Å². The molecule has 2 heterocycles. The van der Waals surface area contributed by atoms with E-state index in [0.29, 0.717) is 36.1 Å². The molecule has 8 heteroatoms. The number of hydrogen-bond acceptors (Lipinski definition) is 6. The highest BCUT2D eigenvalue weighted by Crippen LogP contribution is 2.38. The summed E-state index contributed by atoms with van der Waals surface area (Å²) in [5, 5.41) is 0. The number of hydrogen-bond donors (Lipinski definition) is 0. The van der Waals surface area contributed by atoms with Crippen molar-refractivity contribution >= 4 is 11.8 Å². The van der Waals surface area contributed by atoms with E-state index < -0.39 is 6.04 Å². The van der Waals surface area contributed by atoms with Gasteiger partial charge in [0, 0.05) is 12.6 Å². The minimum absolute atomic E-state index is 0.0356. The largest absolute Gasteiger partial charge is 0.493 e. The fraction of sp³-hybridized carbons (Fsp3) is 0.500. The molecule has 0 spiro atoms. The summed E-state index contributed by atoms with van der Waals surface area (Å²) in [6.45, 7) is 3.20. The average molecular weight is 495 g/mol. The molecule has 2 aromatic rings. The molecule has 0 unspecified atom stereocenters. The van der Waals surface area contributed by atoms with Crippen molar-refractivity contribution in [1.29, 1.82) is 0 Å². The molecule has 192 valence electrons. The zero-order valence-electron chi connectivity index (χ0n) is 21.0. The Kier molecular flexibility index (Phi) is 7.20. The molecule has 0 N–H and O–H groups in total. The fourth-order valence-electron chi connectivity index (χ4n) is 5.37. The Hall–Kier alpha value is -3.42. The first-order chi connectivity index (χ1) is 17.6. The van der Waals surface area contributed by atoms with Crippen LogP contribution in [-0.2, 0) is 16.1 Å². The number of methoxy groups -OCH3 is 1. The molecule has 3 aliphatic rings. The van der Waals surface area contributed by atoms with Crippen molar-refractivity contribution < 1.29 is 28.5 Å². The van der Waals surface area contributed by atoms with Gasteiger partial charge >= 0.3 is 0 Å². The van der Waals surface area contributed by atoms with Gasteiger partial charge in [-0.3, -0.25) is 9.59 Å². The first-order valence-electron chi connectivity index (χ1n) is 12.9. The maximum atomic E-state index is 14.0. The van der Waals surface area contributed by atoms with Crippen molar-refractivity contribution in [2.75, 3.05) is 27.1 Å². The van der Waals surface area contributed by atoms with Gasteiger partial charge in [0.1, 0.15) is 12.6 Å². The lowest BCUT2D eigenvalue weighted by Crippen LogP contribution is -2.58. The van der Waals surface area contributed by atoms with Crippen LogP contribution in [0.2, 0.25) is 0 Å². The minimum Gasteiger partial charge on any atom is -0.493 e. The second-order valence-electron chi connectivity index (χ2n) is 9.63. The number of benzene rings is 2. The number of carbonyl (C=O) groups is 2. The molecule has 1 saturated heterocycles. The van der Waals surface area contributed by atoms with E-state index >= 15 is 0 Å². The number of nitrogens with zero attached hydrogens (tertiary/aromatic N) is 2. The van der Waals surface area contributed by atoms with Crippen LogP contribution < -0.4 is 18.9 Å². The zero-order valence-corrected chi connectivity index (χ0v) is 21.0. The Bertz CT molecular complexity index is 1110. The predicted molar refractivity (Wildman–Crippen MR) is 133 cm³/mol. The maximum Gasteiger partial charge on any atom is 0.250 e. The summed E-state index contributed by atoms with van der Waals surface area (Å²) in [4.78, 5) is 31.1. The molecule has 1 saturated carbocycles. The number of amides is 2. The number of rotatable bonds is 8. The predicted octanol–water partition coefficient (Wildman–Crippen LogP) is 4.46. The number of ether oxygens (including phenoxy) is 4. The number of fused-ring (bicyclic) bond motifs is 1. The molecule has 2 amide bonds. The summed E-state index contributed by atoms with van der Waals surface area (Å²) in [6.07, 6.45) is 6.13. The standard InChI is InChI=1S/C28H34N2O6/c1-3-13-34-22-12-10-20(15-24(22)33-2)27-28(32)29(21-7-5-4-6-8-21)17-26(31)30(27)16-19-9-11-23-25(14-19)36-18-35-23/h9-12,14-15,21,27H,3-8,13,16-18H2,1-2H3/t27-/m1/s1. The van der Waals surface area contributed by atoms with Crippen molar-refractivity contribution in [1.82, 2.24) is 9.80 Å². The fourth-order valence-corrected chi connectivity index (χ4v) is 5.37. The van der Waals surface area contributed by atoms with E-state index in [0.717, 1.165) is 43.2 Å². The van der Waals surface area contributed by atoms with Gasteiger partial charge in [-0.15, -0.1) is 0 Å². The van der Waals surface area contributed by atoms with E-state index in [1.165, 1.54) is 6.42 Å². The quantitative estimate of drug-likeness (QED) is 0.539. The van der Waals surface area contributed by atoms with Crippen LogP contribution in [0.25, 0.3) is 0 Å². The lowest BCUT2D eigenvalue weighted by atomic mass is 9.91. The van der Waals surface area contributed by atoms with Crippen molar-refractivity contribution in [2.45, 2.75) is 64.1 Å². The van der Waals surface area contributed by atoms with Crippen LogP contribution >= 0.6 is 0 Å². The lowest BCUT2D eigenvalue weighted by molar-refractivity contribution is -0.160. The van der Waals surface area contributed by atoms with Crippen LogP contribution in [0.4, 0.5) is 0 Å². The van der Waals surface area contributed by atoms with Gasteiger partial charge in [0.25, 0.3) is 5.91 Å². The summed E-state index contributed by atoms with van der Waals surface area (Å²) in [5.74, 6) is 2.43. The Morgan fingerprint density at radius 1 is 0.972 bits per heavy atom. The Balaban J connectivity index is 1.49. The van der Waals surface area contributed by atoms with E-state index in [1.807, 2.05) is 48.2 Å². The third kappa shape index (κ3) is 4.81. The monoisotopic (exact) mass is 494 g/mol. The maximum absolute atomic E-state index is 14.0. The van der Waals surface area contributed by atoms with Gasteiger partial charge in [-0.1, -0.05) is 38.3 Å². The number of carbonyl (C=O) groups excluding carboxylic acids is 2. The van der Waals surface area contributed by atoms with E-state index in [-0.39, 0.29) is 31.2 Å². The Labute approximate surface area is 212 Å². The summed E-state index contributed by atoms with van der Waals surface area (Å²) in [5.41, 5.74) is 1.60. The van der Waals surface area contributed by atoms with E-state index in [4.69, 9.17) is 18.9 Å². The minimum atomic E-state index is -0.743. The smallest absolute Gasteiger partial charge is 0.250 e. The van der Waals surface area contributed by atoms with E-state index in [9.17, 15) is 9.59 Å². The first kappa shape index (κ1) is 24.3. The summed E-state index contributed by atoms with van der Waals surface area (Å²) < 4.78 is 22.4. The highest BCUT2D eigenvalue weighted by molar-refractivity contribution is 5.96. The van der Waals surface area contributed by atoms with Gasteiger partial charge in [0.2, 0.25) is 12.7 Å². The normalized spacial score (nSPS) is 20.1. The van der Waals surface area contributed by atoms with Gasteiger partial charge < -0.3 is 28.7 Å². The first-order valence-corrected chi connectivity index (χ1v) is 12.9. The third-order valence-corrected chi connectivity index (χ3v) is 7.23. The van der Waals surface area contributed by atoms with Gasteiger partial charge in [-0.2, -0.15) is 0 Å². The molecule has 5 rings (SSSR count). The second kappa shape index (κ2) is 10.7.